The van der Waals surface area contributed by atoms with Crippen LogP contribution < -0.4 is 16.6 Å². The lowest BCUT2D eigenvalue weighted by Gasteiger charge is -2.33. The predicted molar refractivity (Wildman–Crippen MR) is 137 cm³/mol. The first-order valence-electron chi connectivity index (χ1n) is 12.1. The maximum absolute atomic E-state index is 13.6. The number of hydrogen-bond donors (Lipinski definition) is 2. The Bertz CT molecular complexity index is 1250. The lowest BCUT2D eigenvalue weighted by Crippen LogP contribution is -2.50. The fourth-order valence-corrected chi connectivity index (χ4v) is 6.13. The summed E-state index contributed by atoms with van der Waals surface area (Å²) in [7, 11) is 0. The van der Waals surface area contributed by atoms with Crippen molar-refractivity contribution in [2.45, 2.75) is 82.8 Å². The van der Waals surface area contributed by atoms with Crippen molar-refractivity contribution in [1.82, 2.24) is 15.0 Å². The molecule has 9 heteroatoms. The number of halogens is 2. The van der Waals surface area contributed by atoms with E-state index in [-0.39, 0.29) is 41.9 Å². The van der Waals surface area contributed by atoms with Gasteiger partial charge in [-0.15, -0.1) is 12.4 Å². The normalized spacial score (nSPS) is 22.4. The number of aromatic nitrogens is 2. The van der Waals surface area contributed by atoms with Crippen LogP contribution in [0.4, 0.5) is 0 Å². The molecular weight excluding hydrogens is 475 g/mol. The van der Waals surface area contributed by atoms with Crippen molar-refractivity contribution in [3.8, 4) is 0 Å². The first-order valence-corrected chi connectivity index (χ1v) is 12.5. The molecule has 3 aromatic rings. The van der Waals surface area contributed by atoms with E-state index in [1.165, 1.54) is 6.42 Å². The van der Waals surface area contributed by atoms with Crippen LogP contribution in [0.5, 0.6) is 0 Å². The van der Waals surface area contributed by atoms with Crippen molar-refractivity contribution < 1.29 is 9.32 Å². The van der Waals surface area contributed by atoms with E-state index >= 15 is 0 Å². The Morgan fingerprint density at radius 3 is 2.71 bits per heavy atom. The molecule has 1 aromatic carbocycles. The van der Waals surface area contributed by atoms with Crippen molar-refractivity contribution in [3.63, 3.8) is 0 Å². The highest BCUT2D eigenvalue weighted by atomic mass is 35.5. The lowest BCUT2D eigenvalue weighted by atomic mass is 9.83. The minimum Gasteiger partial charge on any atom is -0.360 e. The highest BCUT2D eigenvalue weighted by molar-refractivity contribution is 6.37. The number of carbonyl (C=O) groups is 1. The summed E-state index contributed by atoms with van der Waals surface area (Å²) in [6.07, 6.45) is 8.95. The third kappa shape index (κ3) is 4.45. The molecule has 7 nitrogen and oxygen atoms in total. The maximum Gasteiger partial charge on any atom is 0.264 e. The zero-order valence-electron chi connectivity index (χ0n) is 19.4. The molecule has 1 amide bonds. The van der Waals surface area contributed by atoms with E-state index in [1.54, 1.807) is 13.0 Å². The molecule has 0 bridgehead atoms. The number of benzene rings is 1. The van der Waals surface area contributed by atoms with Gasteiger partial charge in [-0.2, -0.15) is 0 Å². The number of pyridine rings is 1. The summed E-state index contributed by atoms with van der Waals surface area (Å²) in [5.41, 5.74) is 7.48. The van der Waals surface area contributed by atoms with Crippen molar-refractivity contribution in [2.75, 3.05) is 0 Å². The zero-order valence-corrected chi connectivity index (χ0v) is 21.0. The molecule has 2 fully saturated rings. The van der Waals surface area contributed by atoms with Gasteiger partial charge in [-0.1, -0.05) is 42.1 Å². The summed E-state index contributed by atoms with van der Waals surface area (Å²) < 4.78 is 7.21. The van der Waals surface area contributed by atoms with Crippen LogP contribution in [0.2, 0.25) is 5.02 Å². The Labute approximate surface area is 209 Å². The molecule has 3 atom stereocenters. The lowest BCUT2D eigenvalue weighted by molar-refractivity contribution is -0.124. The molecule has 0 spiro atoms. The van der Waals surface area contributed by atoms with E-state index in [0.29, 0.717) is 28.1 Å². The van der Waals surface area contributed by atoms with Crippen LogP contribution in [0, 0.1) is 12.8 Å². The van der Waals surface area contributed by atoms with Gasteiger partial charge in [-0.3, -0.25) is 9.59 Å². The summed E-state index contributed by atoms with van der Waals surface area (Å²) in [6, 6.07) is 5.05. The third-order valence-electron chi connectivity index (χ3n) is 7.60. The van der Waals surface area contributed by atoms with Gasteiger partial charge in [0.25, 0.3) is 5.56 Å². The Balaban J connectivity index is 0.00000274. The van der Waals surface area contributed by atoms with Crippen molar-refractivity contribution in [2.24, 2.45) is 11.7 Å². The van der Waals surface area contributed by atoms with Gasteiger partial charge in [-0.25, -0.2) is 0 Å². The highest BCUT2D eigenvalue weighted by Gasteiger charge is 2.31. The largest absolute Gasteiger partial charge is 0.360 e. The number of nitrogens with two attached hydrogens (primary N) is 1. The van der Waals surface area contributed by atoms with Gasteiger partial charge in [0.05, 0.1) is 16.6 Å². The van der Waals surface area contributed by atoms with Crippen molar-refractivity contribution >= 4 is 51.7 Å². The van der Waals surface area contributed by atoms with Gasteiger partial charge in [0.2, 0.25) is 5.91 Å². The summed E-state index contributed by atoms with van der Waals surface area (Å²) in [5, 5.41) is 9.08. The standard InChI is InChI=1S/C25H31ClN4O3.ClH/c1-14-20-23(29-33-14)21-18(26)11-6-12-19(21)30(25(20)32)17-10-5-9-16(13-17)28-24(31)22(27)15-7-3-2-4-8-15;/h6,11-12,15-17,22H,2-5,7-10,13,27H2,1H3,(H,28,31);1H. The monoisotopic (exact) mass is 506 g/mol. The van der Waals surface area contributed by atoms with E-state index in [2.05, 4.69) is 10.5 Å². The van der Waals surface area contributed by atoms with Crippen LogP contribution >= 0.6 is 24.0 Å². The summed E-state index contributed by atoms with van der Waals surface area (Å²) in [6.45, 7) is 1.75. The highest BCUT2D eigenvalue weighted by Crippen LogP contribution is 2.35. The molecule has 3 unspecified atom stereocenters. The van der Waals surface area contributed by atoms with Gasteiger partial charge in [0.15, 0.2) is 0 Å². The molecule has 0 radical (unpaired) electrons. The molecule has 2 aliphatic rings. The topological polar surface area (TPSA) is 103 Å². The second-order valence-electron chi connectivity index (χ2n) is 9.72. The number of amides is 1. The number of rotatable bonds is 4. The molecule has 0 saturated heterocycles. The molecule has 2 aromatic heterocycles. The SMILES string of the molecule is Cc1onc2c1c(=O)n(C1CCCC(NC(=O)C(N)C3CCCCC3)C1)c1cccc(Cl)c21.Cl. The van der Waals surface area contributed by atoms with E-state index in [0.717, 1.165) is 55.8 Å². The molecule has 2 saturated carbocycles. The van der Waals surface area contributed by atoms with Crippen LogP contribution in [0.25, 0.3) is 21.8 Å². The van der Waals surface area contributed by atoms with Crippen LogP contribution in [-0.2, 0) is 4.79 Å². The van der Waals surface area contributed by atoms with Crippen LogP contribution in [0.1, 0.15) is 69.6 Å². The maximum atomic E-state index is 13.6. The molecule has 3 N–H and O–H groups in total. The predicted octanol–water partition coefficient (Wildman–Crippen LogP) is 5.03. The molecule has 2 aliphatic carbocycles. The average Bonchev–Trinajstić information content (AvgIpc) is 3.21. The van der Waals surface area contributed by atoms with Crippen LogP contribution in [-0.4, -0.2) is 27.7 Å². The van der Waals surface area contributed by atoms with Gasteiger partial charge >= 0.3 is 0 Å². The molecule has 34 heavy (non-hydrogen) atoms. The summed E-state index contributed by atoms with van der Waals surface area (Å²) in [4.78, 5) is 26.5. The minimum atomic E-state index is -0.455. The third-order valence-corrected chi connectivity index (χ3v) is 7.92. The fraction of sp³-hybridized carbons (Fsp3) is 0.560. The number of hydrogen-bond acceptors (Lipinski definition) is 5. The van der Waals surface area contributed by atoms with E-state index < -0.39 is 6.04 Å². The molecule has 184 valence electrons. The number of nitrogens with zero attached hydrogens (tertiary/aromatic N) is 2. The summed E-state index contributed by atoms with van der Waals surface area (Å²) in [5.74, 6) is 0.702. The number of fused-ring (bicyclic) bond motifs is 3. The summed E-state index contributed by atoms with van der Waals surface area (Å²) >= 11 is 6.55. The molecular formula is C25H32Cl2N4O3. The number of carbonyl (C=O) groups excluding carboxylic acids is 1. The second-order valence-corrected chi connectivity index (χ2v) is 10.1. The Kier molecular flexibility index (Phi) is 7.55. The number of aryl methyl sites for hydroxylation is 1. The van der Waals surface area contributed by atoms with E-state index in [1.807, 2.05) is 16.7 Å². The molecule has 2 heterocycles. The van der Waals surface area contributed by atoms with Gasteiger partial charge in [-0.05, 0) is 63.5 Å². The molecule has 0 aliphatic heterocycles. The minimum absolute atomic E-state index is 0. The van der Waals surface area contributed by atoms with Crippen LogP contribution in [0.15, 0.2) is 27.5 Å². The van der Waals surface area contributed by atoms with Crippen molar-refractivity contribution in [1.29, 1.82) is 0 Å². The molecule has 5 rings (SSSR count). The van der Waals surface area contributed by atoms with Crippen LogP contribution in [0.3, 0.4) is 0 Å². The van der Waals surface area contributed by atoms with Gasteiger partial charge < -0.3 is 20.1 Å². The van der Waals surface area contributed by atoms with E-state index in [4.69, 9.17) is 21.9 Å². The zero-order chi connectivity index (χ0) is 23.1. The average molecular weight is 507 g/mol. The van der Waals surface area contributed by atoms with Gasteiger partial charge in [0, 0.05) is 17.5 Å². The number of nitrogens with one attached hydrogen (secondary N) is 1. The first kappa shape index (κ1) is 25.0. The van der Waals surface area contributed by atoms with Crippen molar-refractivity contribution in [3.05, 3.63) is 39.3 Å². The quantitative estimate of drug-likeness (QED) is 0.516. The Morgan fingerprint density at radius 2 is 1.94 bits per heavy atom. The van der Waals surface area contributed by atoms with Gasteiger partial charge in [0.1, 0.15) is 16.7 Å². The fourth-order valence-electron chi connectivity index (χ4n) is 5.87. The first-order chi connectivity index (χ1) is 16.0. The Hall–Kier alpha value is -2.09. The second kappa shape index (κ2) is 10.3. The smallest absolute Gasteiger partial charge is 0.264 e. The van der Waals surface area contributed by atoms with E-state index in [9.17, 15) is 9.59 Å². The Morgan fingerprint density at radius 1 is 1.18 bits per heavy atom.